The first-order valence-corrected chi connectivity index (χ1v) is 9.25. The smallest absolute Gasteiger partial charge is 0.333 e. The van der Waals surface area contributed by atoms with E-state index in [-0.39, 0.29) is 12.5 Å². The number of rotatable bonds is 4. The van der Waals surface area contributed by atoms with E-state index < -0.39 is 0 Å². The fourth-order valence-electron chi connectivity index (χ4n) is 3.42. The van der Waals surface area contributed by atoms with Crippen LogP contribution in [0.25, 0.3) is 10.9 Å². The highest BCUT2D eigenvalue weighted by molar-refractivity contribution is 6.32. The van der Waals surface area contributed by atoms with Gasteiger partial charge in [-0.25, -0.2) is 4.79 Å². The molecule has 27 heavy (non-hydrogen) atoms. The van der Waals surface area contributed by atoms with Gasteiger partial charge in [0.05, 0.1) is 31.4 Å². The summed E-state index contributed by atoms with van der Waals surface area (Å²) in [6, 6.07) is 7.67. The van der Waals surface area contributed by atoms with Gasteiger partial charge in [0.2, 0.25) is 0 Å². The van der Waals surface area contributed by atoms with Crippen LogP contribution in [0, 0.1) is 0 Å². The Morgan fingerprint density at radius 2 is 2.11 bits per heavy atom. The molecular formula is C19H21ClN5O2+. The highest BCUT2D eigenvalue weighted by Crippen LogP contribution is 2.29. The van der Waals surface area contributed by atoms with Crippen molar-refractivity contribution in [2.75, 3.05) is 38.2 Å². The van der Waals surface area contributed by atoms with Crippen LogP contribution in [0.15, 0.2) is 42.9 Å². The maximum atomic E-state index is 12.7. The molecule has 1 N–H and O–H groups in total. The van der Waals surface area contributed by atoms with Gasteiger partial charge in [0, 0.05) is 29.5 Å². The zero-order valence-corrected chi connectivity index (χ0v) is 15.8. The van der Waals surface area contributed by atoms with Crippen LogP contribution in [-0.4, -0.2) is 54.0 Å². The van der Waals surface area contributed by atoms with Crippen LogP contribution >= 0.6 is 11.6 Å². The molecule has 0 atom stereocenters. The minimum Gasteiger partial charge on any atom is -0.495 e. The molecule has 1 saturated heterocycles. The number of pyridine rings is 1. The molecule has 1 aliphatic rings. The summed E-state index contributed by atoms with van der Waals surface area (Å²) in [7, 11) is 1.61. The van der Waals surface area contributed by atoms with E-state index in [4.69, 9.17) is 16.3 Å². The average Bonchev–Trinajstić information content (AvgIpc) is 3.10. The Balaban J connectivity index is 1.37. The van der Waals surface area contributed by atoms with Crippen molar-refractivity contribution in [3.8, 4) is 5.75 Å². The van der Waals surface area contributed by atoms with Crippen molar-refractivity contribution >= 4 is 34.1 Å². The van der Waals surface area contributed by atoms with Crippen molar-refractivity contribution in [2.24, 2.45) is 0 Å². The Labute approximate surface area is 162 Å². The van der Waals surface area contributed by atoms with E-state index in [1.54, 1.807) is 24.2 Å². The molecule has 3 aromatic rings. The van der Waals surface area contributed by atoms with Crippen LogP contribution in [-0.2, 0) is 11.3 Å². The number of hydrogen-bond donors (Lipinski definition) is 1. The summed E-state index contributed by atoms with van der Waals surface area (Å²) >= 11 is 6.10. The zero-order chi connectivity index (χ0) is 18.8. The van der Waals surface area contributed by atoms with E-state index in [1.165, 1.54) is 0 Å². The Hall–Kier alpha value is -2.64. The summed E-state index contributed by atoms with van der Waals surface area (Å²) in [5, 5.41) is 6.01. The largest absolute Gasteiger partial charge is 0.495 e. The fraction of sp³-hybridized carbons (Fsp3) is 0.316. The molecule has 2 aromatic heterocycles. The van der Waals surface area contributed by atoms with Gasteiger partial charge in [-0.05, 0) is 18.2 Å². The Morgan fingerprint density at radius 1 is 1.30 bits per heavy atom. The average molecular weight is 387 g/mol. The fourth-order valence-corrected chi connectivity index (χ4v) is 3.61. The first-order valence-electron chi connectivity index (χ1n) is 8.87. The number of halogens is 1. The van der Waals surface area contributed by atoms with Crippen LogP contribution in [0.1, 0.15) is 0 Å². The van der Waals surface area contributed by atoms with Crippen molar-refractivity contribution in [1.29, 1.82) is 0 Å². The van der Waals surface area contributed by atoms with Crippen molar-refractivity contribution in [3.63, 3.8) is 0 Å². The number of nitrogens with one attached hydrogen (secondary N) is 1. The second kappa shape index (κ2) is 7.54. The van der Waals surface area contributed by atoms with Crippen LogP contribution < -0.4 is 14.5 Å². The van der Waals surface area contributed by atoms with Gasteiger partial charge in [-0.2, -0.15) is 5.10 Å². The molecule has 1 fully saturated rings. The first kappa shape index (κ1) is 17.8. The van der Waals surface area contributed by atoms with Gasteiger partial charge >= 0.3 is 5.91 Å². The van der Waals surface area contributed by atoms with Gasteiger partial charge in [-0.1, -0.05) is 11.6 Å². The number of fused-ring (bicyclic) bond motifs is 1. The summed E-state index contributed by atoms with van der Waals surface area (Å²) in [6.45, 7) is 3.39. The molecule has 0 spiro atoms. The molecule has 0 bridgehead atoms. The predicted molar refractivity (Wildman–Crippen MR) is 103 cm³/mol. The van der Waals surface area contributed by atoms with E-state index in [9.17, 15) is 4.79 Å². The molecule has 3 heterocycles. The third kappa shape index (κ3) is 3.74. The first-order chi connectivity index (χ1) is 13.1. The molecule has 0 unspecified atom stereocenters. The lowest BCUT2D eigenvalue weighted by atomic mass is 10.2. The highest BCUT2D eigenvalue weighted by Gasteiger charge is 2.27. The third-order valence-electron chi connectivity index (χ3n) is 4.92. The molecule has 1 aromatic carbocycles. The molecule has 140 valence electrons. The summed E-state index contributed by atoms with van der Waals surface area (Å²) in [4.78, 5) is 20.0. The summed E-state index contributed by atoms with van der Waals surface area (Å²) < 4.78 is 7.00. The van der Waals surface area contributed by atoms with Crippen LogP contribution in [0.4, 0.5) is 5.69 Å². The molecule has 4 rings (SSSR count). The number of methoxy groups -OCH3 is 1. The number of benzene rings is 1. The van der Waals surface area contributed by atoms with E-state index in [0.29, 0.717) is 10.8 Å². The van der Waals surface area contributed by atoms with Crippen molar-refractivity contribution < 1.29 is 14.4 Å². The van der Waals surface area contributed by atoms with Crippen molar-refractivity contribution in [1.82, 2.24) is 14.8 Å². The molecule has 0 saturated carbocycles. The van der Waals surface area contributed by atoms with Crippen LogP contribution in [0.3, 0.4) is 0 Å². The van der Waals surface area contributed by atoms with E-state index in [0.717, 1.165) is 47.7 Å². The Kier molecular flexibility index (Phi) is 4.96. The summed E-state index contributed by atoms with van der Waals surface area (Å²) in [5.74, 6) is 0.823. The minimum atomic E-state index is 0.157. The molecule has 7 nitrogen and oxygen atoms in total. The Bertz CT molecular complexity index is 933. The van der Waals surface area contributed by atoms with Gasteiger partial charge in [0.15, 0.2) is 6.54 Å². The van der Waals surface area contributed by atoms with Gasteiger partial charge in [0.25, 0.3) is 0 Å². The quantitative estimate of drug-likeness (QED) is 0.725. The number of amides is 1. The van der Waals surface area contributed by atoms with Gasteiger partial charge in [-0.15, -0.1) is 0 Å². The standard InChI is InChI=1S/C19H20ClN5O2/c1-27-18-10-15(2-3-16(18)20)23-6-8-24(9-7-23)19(26)13-25-12-14-4-5-21-11-17(14)22-25/h2-5,10-12H,6-9,13H2,1H3/p+1. The number of anilines is 1. The van der Waals surface area contributed by atoms with E-state index in [2.05, 4.69) is 15.0 Å². The topological polar surface area (TPSA) is 64.7 Å². The summed E-state index contributed by atoms with van der Waals surface area (Å²) in [6.07, 6.45) is 5.33. The second-order valence-corrected chi connectivity index (χ2v) is 7.00. The number of hydrogen-bond acceptors (Lipinski definition) is 5. The third-order valence-corrected chi connectivity index (χ3v) is 5.24. The molecule has 0 radical (unpaired) electrons. The number of ether oxygens (including phenoxy) is 1. The van der Waals surface area contributed by atoms with Gasteiger partial charge in [-0.3, -0.25) is 14.6 Å². The van der Waals surface area contributed by atoms with E-state index in [1.807, 2.05) is 30.5 Å². The zero-order valence-electron chi connectivity index (χ0n) is 15.1. The lowest BCUT2D eigenvalue weighted by molar-refractivity contribution is -0.821. The monoisotopic (exact) mass is 386 g/mol. The normalized spacial score (nSPS) is 15.3. The number of quaternary nitrogens is 1. The SMILES string of the molecule is COc1cc(N2CC[NH+](C(=O)Cn3cc4ccncc4n3)CC2)ccc1Cl. The van der Waals surface area contributed by atoms with Crippen molar-refractivity contribution in [3.05, 3.63) is 47.9 Å². The lowest BCUT2D eigenvalue weighted by Crippen LogP contribution is -3.17. The second-order valence-electron chi connectivity index (χ2n) is 6.59. The van der Waals surface area contributed by atoms with Gasteiger partial charge in [0.1, 0.15) is 24.4 Å². The molecule has 8 heteroatoms. The number of carbonyl (C=O) groups excluding carboxylic acids is 1. The molecule has 1 aliphatic heterocycles. The maximum Gasteiger partial charge on any atom is 0.333 e. The predicted octanol–water partition coefficient (Wildman–Crippen LogP) is 1.03. The van der Waals surface area contributed by atoms with Gasteiger partial charge < -0.3 is 9.64 Å². The number of piperazine rings is 1. The van der Waals surface area contributed by atoms with Crippen molar-refractivity contribution in [2.45, 2.75) is 6.54 Å². The number of nitrogens with zero attached hydrogens (tertiary/aromatic N) is 4. The lowest BCUT2D eigenvalue weighted by Gasteiger charge is -2.32. The summed E-state index contributed by atoms with van der Waals surface area (Å²) in [5.41, 5.74) is 1.87. The molecule has 1 amide bonds. The maximum absolute atomic E-state index is 12.7. The minimum absolute atomic E-state index is 0.157. The van der Waals surface area contributed by atoms with E-state index >= 15 is 0 Å². The number of aromatic nitrogens is 3. The highest BCUT2D eigenvalue weighted by atomic mass is 35.5. The Morgan fingerprint density at radius 3 is 2.85 bits per heavy atom. The number of carbonyl (C=O) groups is 1. The molecular weight excluding hydrogens is 366 g/mol. The molecule has 0 aliphatic carbocycles. The van der Waals surface area contributed by atoms with Crippen LogP contribution in [0.5, 0.6) is 5.75 Å². The van der Waals surface area contributed by atoms with Crippen LogP contribution in [0.2, 0.25) is 5.02 Å².